The molecule has 2 aromatic rings. The van der Waals surface area contributed by atoms with Crippen molar-refractivity contribution in [2.75, 3.05) is 23.9 Å². The third-order valence-corrected chi connectivity index (χ3v) is 6.24. The van der Waals surface area contributed by atoms with E-state index in [2.05, 4.69) is 10.3 Å². The summed E-state index contributed by atoms with van der Waals surface area (Å²) in [5, 5.41) is 3.92. The van der Waals surface area contributed by atoms with Crippen molar-refractivity contribution >= 4 is 34.4 Å². The maximum Gasteiger partial charge on any atom is 0.417 e. The molecular formula is C22H24FN3O3S. The quantitative estimate of drug-likeness (QED) is 0.731. The molecule has 4 rings (SSSR count). The lowest BCUT2D eigenvalue weighted by molar-refractivity contribution is 0.0337. The van der Waals surface area contributed by atoms with Crippen molar-refractivity contribution in [1.82, 2.24) is 0 Å². The molecule has 2 aliphatic rings. The summed E-state index contributed by atoms with van der Waals surface area (Å²) < 4.78 is 24.1. The third kappa shape index (κ3) is 3.65. The summed E-state index contributed by atoms with van der Waals surface area (Å²) in [5.41, 5.74) is 1.83. The molecule has 0 fully saturated rings. The predicted octanol–water partition coefficient (Wildman–Crippen LogP) is 4.96. The number of para-hydroxylation sites is 1. The number of nitrogens with one attached hydrogen (secondary N) is 1. The number of anilines is 2. The molecule has 1 spiro atoms. The summed E-state index contributed by atoms with van der Waals surface area (Å²) in [5.74, 6) is -0.296. The van der Waals surface area contributed by atoms with Crippen LogP contribution in [0.25, 0.3) is 0 Å². The van der Waals surface area contributed by atoms with E-state index in [1.165, 1.54) is 23.9 Å². The van der Waals surface area contributed by atoms with Gasteiger partial charge < -0.3 is 14.8 Å². The van der Waals surface area contributed by atoms with Crippen molar-refractivity contribution in [1.29, 1.82) is 0 Å². The van der Waals surface area contributed by atoms with E-state index in [-0.39, 0.29) is 5.82 Å². The zero-order chi connectivity index (χ0) is 21.5. The lowest BCUT2D eigenvalue weighted by atomic mass is 9.99. The highest BCUT2D eigenvalue weighted by molar-refractivity contribution is 8.15. The zero-order valence-corrected chi connectivity index (χ0v) is 18.1. The van der Waals surface area contributed by atoms with Crippen LogP contribution in [0.4, 0.5) is 20.6 Å². The average molecular weight is 430 g/mol. The van der Waals surface area contributed by atoms with Gasteiger partial charge in [0.25, 0.3) is 0 Å². The molecule has 158 valence electrons. The summed E-state index contributed by atoms with van der Waals surface area (Å²) in [6.07, 6.45) is -1.05. The van der Waals surface area contributed by atoms with Crippen LogP contribution in [-0.2, 0) is 14.2 Å². The van der Waals surface area contributed by atoms with Gasteiger partial charge in [-0.1, -0.05) is 30.0 Å². The molecule has 0 radical (unpaired) electrons. The highest BCUT2D eigenvalue weighted by Gasteiger charge is 2.57. The number of ether oxygens (including phenoxy) is 2. The molecule has 6 nitrogen and oxygen atoms in total. The monoisotopic (exact) mass is 429 g/mol. The minimum atomic E-state index is -0.630. The molecule has 0 aliphatic carbocycles. The standard InChI is InChI=1S/C22H24FN3O3S/c1-21(2,3)29-20(27)26-17-8-6-5-7-16(17)22(18(26)28-4)13-24-19(30-22)25-15-11-9-14(23)10-12-15/h5-12,18H,13H2,1-4H3,(H,24,25)/t18-,22-/m0/s1. The number of carbonyl (C=O) groups is 1. The second kappa shape index (κ2) is 7.59. The first-order chi connectivity index (χ1) is 14.2. The second-order valence-electron chi connectivity index (χ2n) is 8.20. The number of benzene rings is 2. The summed E-state index contributed by atoms with van der Waals surface area (Å²) >= 11 is 1.50. The van der Waals surface area contributed by atoms with Crippen molar-refractivity contribution in [3.05, 3.63) is 59.9 Å². The van der Waals surface area contributed by atoms with Crippen molar-refractivity contribution in [3.63, 3.8) is 0 Å². The van der Waals surface area contributed by atoms with Crippen molar-refractivity contribution in [2.24, 2.45) is 4.99 Å². The maximum atomic E-state index is 13.2. The first-order valence-corrected chi connectivity index (χ1v) is 10.5. The Hall–Kier alpha value is -2.58. The van der Waals surface area contributed by atoms with Crippen LogP contribution >= 0.6 is 11.8 Å². The van der Waals surface area contributed by atoms with Crippen LogP contribution in [0, 0.1) is 5.82 Å². The number of halogens is 1. The number of hydrogen-bond acceptors (Lipinski definition) is 6. The zero-order valence-electron chi connectivity index (χ0n) is 17.3. The molecule has 0 aromatic heterocycles. The highest BCUT2D eigenvalue weighted by atomic mass is 32.2. The summed E-state index contributed by atoms with van der Waals surface area (Å²) in [6, 6.07) is 13.8. The number of hydrogen-bond donors (Lipinski definition) is 1. The van der Waals surface area contributed by atoms with Crippen molar-refractivity contribution < 1.29 is 18.7 Å². The number of thioether (sulfide) groups is 1. The van der Waals surface area contributed by atoms with Crippen molar-refractivity contribution in [3.8, 4) is 0 Å². The number of carbonyl (C=O) groups excluding carboxylic acids is 1. The lowest BCUT2D eigenvalue weighted by Gasteiger charge is -2.33. The normalized spacial score (nSPS) is 22.8. The van der Waals surface area contributed by atoms with Gasteiger partial charge in [0, 0.05) is 12.8 Å². The highest BCUT2D eigenvalue weighted by Crippen LogP contribution is 2.55. The van der Waals surface area contributed by atoms with Gasteiger partial charge in [0.05, 0.1) is 12.2 Å². The Bertz CT molecular complexity index is 990. The van der Waals surface area contributed by atoms with Gasteiger partial charge >= 0.3 is 6.09 Å². The van der Waals surface area contributed by atoms with Gasteiger partial charge in [0.15, 0.2) is 11.4 Å². The molecule has 2 aromatic carbocycles. The Morgan fingerprint density at radius 1 is 1.23 bits per heavy atom. The maximum absolute atomic E-state index is 13.2. The fourth-order valence-electron chi connectivity index (χ4n) is 3.73. The smallest absolute Gasteiger partial charge is 0.417 e. The molecule has 2 atom stereocenters. The van der Waals surface area contributed by atoms with Crippen LogP contribution < -0.4 is 10.2 Å². The Morgan fingerprint density at radius 3 is 2.60 bits per heavy atom. The Morgan fingerprint density at radius 2 is 1.93 bits per heavy atom. The fraction of sp³-hybridized carbons (Fsp3) is 0.364. The van der Waals surface area contributed by atoms with Crippen LogP contribution in [0.5, 0.6) is 0 Å². The van der Waals surface area contributed by atoms with E-state index in [9.17, 15) is 9.18 Å². The number of nitrogens with zero attached hydrogens (tertiary/aromatic N) is 2. The van der Waals surface area contributed by atoms with E-state index in [4.69, 9.17) is 9.47 Å². The number of aliphatic imine (C=N–C) groups is 1. The molecule has 2 aliphatic heterocycles. The molecule has 0 saturated heterocycles. The van der Waals surface area contributed by atoms with Gasteiger partial charge in [0.1, 0.15) is 16.2 Å². The number of fused-ring (bicyclic) bond motifs is 2. The largest absolute Gasteiger partial charge is 0.443 e. The molecular weight excluding hydrogens is 405 g/mol. The summed E-state index contributed by atoms with van der Waals surface area (Å²) in [6.45, 7) is 5.93. The summed E-state index contributed by atoms with van der Waals surface area (Å²) in [7, 11) is 1.58. The van der Waals surface area contributed by atoms with Crippen LogP contribution in [0.2, 0.25) is 0 Å². The SMILES string of the molecule is CO[C@@H]1N(C(=O)OC(C)(C)C)c2ccccc2[C@@]12CN=C(Nc1ccc(F)cc1)S2. The minimum Gasteiger partial charge on any atom is -0.443 e. The Labute approximate surface area is 179 Å². The first kappa shape index (κ1) is 20.7. The molecule has 0 bridgehead atoms. The van der Waals surface area contributed by atoms with E-state index in [1.807, 2.05) is 45.0 Å². The number of amides is 1. The summed E-state index contributed by atoms with van der Waals surface area (Å²) in [4.78, 5) is 19.3. The van der Waals surface area contributed by atoms with E-state index in [0.29, 0.717) is 11.7 Å². The molecule has 1 amide bonds. The van der Waals surface area contributed by atoms with Gasteiger partial charge in [-0.15, -0.1) is 0 Å². The molecule has 30 heavy (non-hydrogen) atoms. The second-order valence-corrected chi connectivity index (χ2v) is 9.52. The van der Waals surface area contributed by atoms with E-state index >= 15 is 0 Å². The number of methoxy groups -OCH3 is 1. The third-order valence-electron chi connectivity index (χ3n) is 4.90. The van der Waals surface area contributed by atoms with Gasteiger partial charge in [-0.25, -0.2) is 14.1 Å². The molecule has 2 heterocycles. The van der Waals surface area contributed by atoms with Gasteiger partial charge in [-0.3, -0.25) is 4.99 Å². The van der Waals surface area contributed by atoms with Gasteiger partial charge in [0.2, 0.25) is 0 Å². The van der Waals surface area contributed by atoms with Crippen LogP contribution in [0.3, 0.4) is 0 Å². The van der Waals surface area contributed by atoms with Gasteiger partial charge in [-0.05, 0) is 56.7 Å². The topological polar surface area (TPSA) is 63.2 Å². The predicted molar refractivity (Wildman–Crippen MR) is 118 cm³/mol. The van der Waals surface area contributed by atoms with E-state index in [0.717, 1.165) is 16.9 Å². The molecule has 0 unspecified atom stereocenters. The fourth-order valence-corrected chi connectivity index (χ4v) is 5.08. The van der Waals surface area contributed by atoms with Crippen LogP contribution in [0.1, 0.15) is 26.3 Å². The van der Waals surface area contributed by atoms with Crippen molar-refractivity contribution in [2.45, 2.75) is 37.3 Å². The first-order valence-electron chi connectivity index (χ1n) is 9.64. The van der Waals surface area contributed by atoms with Crippen LogP contribution in [-0.4, -0.2) is 36.7 Å². The lowest BCUT2D eigenvalue weighted by Crippen LogP contribution is -2.49. The van der Waals surface area contributed by atoms with Crippen LogP contribution in [0.15, 0.2) is 53.5 Å². The molecule has 8 heteroatoms. The number of amidine groups is 1. The van der Waals surface area contributed by atoms with E-state index < -0.39 is 22.7 Å². The minimum absolute atomic E-state index is 0.296. The Balaban J connectivity index is 1.65. The molecule has 1 N–H and O–H groups in total. The number of rotatable bonds is 2. The average Bonchev–Trinajstić information content (AvgIpc) is 3.22. The van der Waals surface area contributed by atoms with Gasteiger partial charge in [-0.2, -0.15) is 0 Å². The molecule has 0 saturated carbocycles. The Kier molecular flexibility index (Phi) is 5.23. The van der Waals surface area contributed by atoms with E-state index in [1.54, 1.807) is 24.1 Å².